The van der Waals surface area contributed by atoms with Gasteiger partial charge in [-0.05, 0) is 73.9 Å². The van der Waals surface area contributed by atoms with E-state index < -0.39 is 6.16 Å². The summed E-state index contributed by atoms with van der Waals surface area (Å²) in [4.78, 5) is 16.0. The monoisotopic (exact) mass is 465 g/mol. The average molecular weight is 466 g/mol. The highest BCUT2D eigenvalue weighted by atomic mass is 16.7. The number of hydrogen-bond donors (Lipinski definition) is 1. The molecule has 35 heavy (non-hydrogen) atoms. The molecule has 0 bridgehead atoms. The van der Waals surface area contributed by atoms with Gasteiger partial charge in [0, 0.05) is 46.5 Å². The number of carboxylic acid groups (broad SMARTS) is 1. The second-order valence-corrected chi connectivity index (χ2v) is 10.2. The lowest BCUT2D eigenvalue weighted by Crippen LogP contribution is -2.17. The maximum absolute atomic E-state index is 11.0. The van der Waals surface area contributed by atoms with E-state index in [9.17, 15) is 4.79 Å². The molecule has 0 radical (unpaired) electrons. The molecule has 7 rings (SSSR count). The Morgan fingerprint density at radius 1 is 0.857 bits per heavy atom. The van der Waals surface area contributed by atoms with Crippen LogP contribution in [0.25, 0.3) is 44.2 Å². The molecule has 2 aliphatic carbocycles. The van der Waals surface area contributed by atoms with Crippen LogP contribution in [0.5, 0.6) is 5.75 Å². The number of fused-ring (bicyclic) bond motifs is 4. The van der Waals surface area contributed by atoms with Crippen molar-refractivity contribution in [3.8, 4) is 17.1 Å². The lowest BCUT2D eigenvalue weighted by Gasteiger charge is -2.26. The van der Waals surface area contributed by atoms with E-state index in [0.717, 1.165) is 41.4 Å². The summed E-state index contributed by atoms with van der Waals surface area (Å²) in [6.45, 7) is 2.00. The Morgan fingerprint density at radius 2 is 1.60 bits per heavy atom. The predicted molar refractivity (Wildman–Crippen MR) is 137 cm³/mol. The van der Waals surface area contributed by atoms with Crippen LogP contribution < -0.4 is 4.74 Å². The zero-order valence-electron chi connectivity index (χ0n) is 19.5. The predicted octanol–water partition coefficient (Wildman–Crippen LogP) is 7.08. The fourth-order valence-corrected chi connectivity index (χ4v) is 5.56. The van der Waals surface area contributed by atoms with Gasteiger partial charge in [-0.25, -0.2) is 9.78 Å². The molecule has 6 heteroatoms. The summed E-state index contributed by atoms with van der Waals surface area (Å²) < 4.78 is 9.69. The molecule has 0 saturated heterocycles. The number of imidazole rings is 1. The van der Waals surface area contributed by atoms with E-state index in [2.05, 4.69) is 51.6 Å². The lowest BCUT2D eigenvalue weighted by atomic mass is 9.85. The second kappa shape index (κ2) is 7.87. The van der Waals surface area contributed by atoms with Crippen LogP contribution in [0.4, 0.5) is 4.79 Å². The zero-order valence-corrected chi connectivity index (χ0v) is 19.5. The average Bonchev–Trinajstić information content (AvgIpc) is 3.50. The Hall–Kier alpha value is -3.80. The maximum Gasteiger partial charge on any atom is 0.511 e. The molecule has 2 aromatic heterocycles. The molecular weight excluding hydrogens is 438 g/mol. The van der Waals surface area contributed by atoms with Crippen molar-refractivity contribution in [2.45, 2.75) is 45.2 Å². The smallest absolute Gasteiger partial charge is 0.449 e. The van der Waals surface area contributed by atoms with E-state index in [-0.39, 0.29) is 0 Å². The molecule has 5 aromatic rings. The van der Waals surface area contributed by atoms with Crippen LogP contribution in [0.2, 0.25) is 0 Å². The fraction of sp³-hybridized carbons (Fsp3) is 0.310. The van der Waals surface area contributed by atoms with Crippen LogP contribution in [0.1, 0.15) is 32.1 Å². The van der Waals surface area contributed by atoms with Crippen molar-refractivity contribution < 1.29 is 14.6 Å². The quantitative estimate of drug-likeness (QED) is 0.215. The number of aromatic nitrogens is 3. The number of nitrogens with zero attached hydrogens (tertiary/aromatic N) is 3. The highest BCUT2D eigenvalue weighted by molar-refractivity contribution is 6.09. The highest BCUT2D eigenvalue weighted by Crippen LogP contribution is 2.38. The van der Waals surface area contributed by atoms with Crippen LogP contribution in [0, 0.1) is 11.8 Å². The molecule has 1 N–H and O–H groups in total. The molecule has 0 unspecified atom stereocenters. The minimum atomic E-state index is -1.31. The van der Waals surface area contributed by atoms with Gasteiger partial charge in [-0.3, -0.25) is 0 Å². The summed E-state index contributed by atoms with van der Waals surface area (Å²) in [5.41, 5.74) is 5.43. The molecule has 2 saturated carbocycles. The molecule has 0 aliphatic heterocycles. The highest BCUT2D eigenvalue weighted by Gasteiger charge is 2.26. The number of rotatable bonds is 6. The first kappa shape index (κ1) is 20.6. The molecule has 0 spiro atoms. The molecule has 3 aromatic carbocycles. The normalized spacial score (nSPS) is 16.2. The Bertz CT molecular complexity index is 1600. The van der Waals surface area contributed by atoms with Gasteiger partial charge < -0.3 is 19.0 Å². The molecule has 2 fully saturated rings. The minimum Gasteiger partial charge on any atom is -0.449 e. The Labute approximate surface area is 202 Å². The van der Waals surface area contributed by atoms with Gasteiger partial charge in [0.1, 0.15) is 11.6 Å². The lowest BCUT2D eigenvalue weighted by molar-refractivity contribution is 0.144. The van der Waals surface area contributed by atoms with Gasteiger partial charge in [0.05, 0.1) is 11.0 Å². The fourth-order valence-electron chi connectivity index (χ4n) is 5.56. The van der Waals surface area contributed by atoms with E-state index in [4.69, 9.17) is 14.8 Å². The van der Waals surface area contributed by atoms with Gasteiger partial charge in [-0.15, -0.1) is 0 Å². The SMILES string of the molecule is O=C(O)Oc1ccc2c(c1)nc(-c1ccc3c(c1)c1ccccc1n3CC1CCC1)n2CC1CC1. The van der Waals surface area contributed by atoms with Gasteiger partial charge in [0.15, 0.2) is 0 Å². The third-order valence-electron chi connectivity index (χ3n) is 7.76. The number of benzene rings is 3. The van der Waals surface area contributed by atoms with Gasteiger partial charge in [-0.1, -0.05) is 24.6 Å². The van der Waals surface area contributed by atoms with Crippen LogP contribution in [-0.2, 0) is 13.1 Å². The Kier molecular flexibility index (Phi) is 4.62. The molecule has 6 nitrogen and oxygen atoms in total. The standard InChI is InChI=1S/C29H27N3O3/c33-29(34)35-21-11-13-27-24(15-21)30-28(32(27)17-19-8-9-19)20-10-12-26-23(14-20)22-6-1-2-7-25(22)31(26)16-18-4-3-5-18/h1-2,6-7,10-15,18-19H,3-5,8-9,16-17H2,(H,33,34). The third kappa shape index (κ3) is 3.55. The molecule has 0 amide bonds. The van der Waals surface area contributed by atoms with Gasteiger partial charge in [0.2, 0.25) is 0 Å². The summed E-state index contributed by atoms with van der Waals surface area (Å²) in [6.07, 6.45) is 5.17. The van der Waals surface area contributed by atoms with Crippen molar-refractivity contribution in [2.75, 3.05) is 0 Å². The van der Waals surface area contributed by atoms with Crippen molar-refractivity contribution in [2.24, 2.45) is 11.8 Å². The van der Waals surface area contributed by atoms with Crippen molar-refractivity contribution in [3.05, 3.63) is 60.7 Å². The van der Waals surface area contributed by atoms with Crippen LogP contribution in [-0.4, -0.2) is 25.4 Å². The molecule has 2 heterocycles. The summed E-state index contributed by atoms with van der Waals surface area (Å²) in [6, 6.07) is 20.8. The van der Waals surface area contributed by atoms with Gasteiger partial charge in [-0.2, -0.15) is 0 Å². The topological polar surface area (TPSA) is 69.3 Å². The minimum absolute atomic E-state index is 0.294. The molecule has 2 aliphatic rings. The first-order chi connectivity index (χ1) is 17.1. The molecule has 176 valence electrons. The van der Waals surface area contributed by atoms with Crippen molar-refractivity contribution >= 4 is 39.0 Å². The largest absolute Gasteiger partial charge is 0.511 e. The van der Waals surface area contributed by atoms with Crippen molar-refractivity contribution in [1.82, 2.24) is 14.1 Å². The zero-order chi connectivity index (χ0) is 23.5. The summed E-state index contributed by atoms with van der Waals surface area (Å²) >= 11 is 0. The number of carbonyl (C=O) groups is 1. The first-order valence-electron chi connectivity index (χ1n) is 12.6. The first-order valence-corrected chi connectivity index (χ1v) is 12.6. The van der Waals surface area contributed by atoms with Crippen molar-refractivity contribution in [1.29, 1.82) is 0 Å². The third-order valence-corrected chi connectivity index (χ3v) is 7.76. The van der Waals surface area contributed by atoms with Crippen molar-refractivity contribution in [3.63, 3.8) is 0 Å². The summed E-state index contributed by atoms with van der Waals surface area (Å²) in [7, 11) is 0. The van der Waals surface area contributed by atoms with Crippen LogP contribution in [0.3, 0.4) is 0 Å². The maximum atomic E-state index is 11.0. The number of ether oxygens (including phenoxy) is 1. The van der Waals surface area contributed by atoms with E-state index in [1.807, 2.05) is 6.07 Å². The van der Waals surface area contributed by atoms with E-state index in [1.54, 1.807) is 12.1 Å². The Morgan fingerprint density at radius 3 is 2.37 bits per heavy atom. The number of para-hydroxylation sites is 1. The Balaban J connectivity index is 1.39. The summed E-state index contributed by atoms with van der Waals surface area (Å²) in [5, 5.41) is 11.6. The van der Waals surface area contributed by atoms with E-state index in [1.165, 1.54) is 53.9 Å². The van der Waals surface area contributed by atoms with Crippen LogP contribution >= 0.6 is 0 Å². The number of hydrogen-bond acceptors (Lipinski definition) is 3. The summed E-state index contributed by atoms with van der Waals surface area (Å²) in [5.74, 6) is 2.67. The van der Waals surface area contributed by atoms with Gasteiger partial charge in [0.25, 0.3) is 0 Å². The van der Waals surface area contributed by atoms with E-state index in [0.29, 0.717) is 11.7 Å². The van der Waals surface area contributed by atoms with Gasteiger partial charge >= 0.3 is 6.16 Å². The van der Waals surface area contributed by atoms with E-state index >= 15 is 0 Å². The van der Waals surface area contributed by atoms with Crippen LogP contribution in [0.15, 0.2) is 60.7 Å². The molecule has 0 atom stereocenters. The second-order valence-electron chi connectivity index (χ2n) is 10.2. The molecular formula is C29H27N3O3.